The van der Waals surface area contributed by atoms with E-state index in [4.69, 9.17) is 9.47 Å². The van der Waals surface area contributed by atoms with Gasteiger partial charge in [0.15, 0.2) is 0 Å². The molecule has 0 amide bonds. The molecule has 0 aliphatic rings. The van der Waals surface area contributed by atoms with Crippen LogP contribution in [0.2, 0.25) is 0 Å². The number of hydrogen-bond acceptors (Lipinski definition) is 5. The van der Waals surface area contributed by atoms with Crippen LogP contribution in [-0.4, -0.2) is 24.0 Å². The lowest BCUT2D eigenvalue weighted by Crippen LogP contribution is -2.28. The molecule has 2 aromatic rings. The molecule has 1 heterocycles. The van der Waals surface area contributed by atoms with E-state index in [0.717, 1.165) is 10.0 Å². The van der Waals surface area contributed by atoms with Crippen molar-refractivity contribution < 1.29 is 9.47 Å². The van der Waals surface area contributed by atoms with E-state index in [0.29, 0.717) is 22.8 Å². The topological polar surface area (TPSA) is 77.1 Å². The summed E-state index contributed by atoms with van der Waals surface area (Å²) in [6, 6.07) is 5.50. The average molecular weight is 378 g/mol. The monoisotopic (exact) mass is 377 g/mol. The number of rotatable bonds is 4. The van der Waals surface area contributed by atoms with Crippen LogP contribution >= 0.6 is 15.9 Å². The lowest BCUT2D eigenvalue weighted by atomic mass is 10.1. The summed E-state index contributed by atoms with van der Waals surface area (Å²) in [4.78, 5) is 12.4. The number of aromatic nitrogens is 2. The number of aryl methyl sites for hydroxylation is 1. The van der Waals surface area contributed by atoms with E-state index in [1.54, 1.807) is 40.2 Å². The minimum Gasteiger partial charge on any atom is -0.496 e. The largest absolute Gasteiger partial charge is 0.496 e. The Morgan fingerprint density at radius 1 is 1.26 bits per heavy atom. The average Bonchev–Trinajstić information content (AvgIpc) is 2.54. The molecule has 0 unspecified atom stereocenters. The lowest BCUT2D eigenvalue weighted by molar-refractivity contribution is 0.394. The number of methoxy groups -OCH3 is 2. The Bertz CT molecular complexity index is 853. The van der Waals surface area contributed by atoms with Crippen molar-refractivity contribution in [2.75, 3.05) is 14.2 Å². The summed E-state index contributed by atoms with van der Waals surface area (Å²) in [5, 5.41) is 13.5. The van der Waals surface area contributed by atoms with Gasteiger partial charge in [-0.05, 0) is 47.5 Å². The number of nitrogens with zero attached hydrogens (tertiary/aromatic N) is 3. The van der Waals surface area contributed by atoms with E-state index in [2.05, 4.69) is 21.0 Å². The van der Waals surface area contributed by atoms with Gasteiger partial charge in [-0.1, -0.05) is 0 Å². The molecule has 0 atom stereocenters. The highest BCUT2D eigenvalue weighted by Crippen LogP contribution is 2.33. The summed E-state index contributed by atoms with van der Waals surface area (Å²) >= 11 is 3.39. The highest BCUT2D eigenvalue weighted by atomic mass is 79.9. The Labute approximate surface area is 142 Å². The molecule has 0 aliphatic carbocycles. The summed E-state index contributed by atoms with van der Waals surface area (Å²) in [5.74, 6) is 1.22. The Morgan fingerprint density at radius 3 is 2.48 bits per heavy atom. The van der Waals surface area contributed by atoms with Crippen LogP contribution in [0.25, 0.3) is 0 Å². The van der Waals surface area contributed by atoms with Crippen LogP contribution in [0.4, 0.5) is 0 Å². The number of nitriles is 1. The Kier molecular flexibility index (Phi) is 5.06. The zero-order chi connectivity index (χ0) is 17.1. The third-order valence-corrected chi connectivity index (χ3v) is 4.24. The van der Waals surface area contributed by atoms with Crippen molar-refractivity contribution >= 4 is 15.9 Å². The van der Waals surface area contributed by atoms with Crippen LogP contribution in [-0.2, 0) is 6.54 Å². The van der Waals surface area contributed by atoms with Gasteiger partial charge >= 0.3 is 0 Å². The van der Waals surface area contributed by atoms with Crippen molar-refractivity contribution in [2.24, 2.45) is 0 Å². The number of halogens is 1. The van der Waals surface area contributed by atoms with E-state index >= 15 is 0 Å². The predicted octanol–water partition coefficient (Wildman–Crippen LogP) is 2.56. The molecule has 1 aromatic heterocycles. The van der Waals surface area contributed by atoms with E-state index in [9.17, 15) is 10.1 Å². The maximum absolute atomic E-state index is 12.4. The van der Waals surface area contributed by atoms with Crippen LogP contribution in [0.3, 0.4) is 0 Å². The first-order valence-electron chi connectivity index (χ1n) is 6.81. The zero-order valence-electron chi connectivity index (χ0n) is 13.3. The third-order valence-electron chi connectivity index (χ3n) is 3.62. The van der Waals surface area contributed by atoms with Gasteiger partial charge in [0.1, 0.15) is 23.1 Å². The predicted molar refractivity (Wildman–Crippen MR) is 89.0 cm³/mol. The fraction of sp³-hybridized carbons (Fsp3) is 0.312. The summed E-state index contributed by atoms with van der Waals surface area (Å²) in [6.45, 7) is 3.67. The van der Waals surface area contributed by atoms with Gasteiger partial charge in [-0.2, -0.15) is 10.4 Å². The van der Waals surface area contributed by atoms with Gasteiger partial charge in [-0.15, -0.1) is 0 Å². The minimum atomic E-state index is -0.417. The minimum absolute atomic E-state index is 0.112. The molecule has 1 aromatic carbocycles. The second-order valence-corrected chi connectivity index (χ2v) is 5.81. The summed E-state index contributed by atoms with van der Waals surface area (Å²) in [5.41, 5.74) is 1.67. The molecular weight excluding hydrogens is 362 g/mol. The molecule has 0 radical (unpaired) electrons. The Morgan fingerprint density at radius 2 is 1.91 bits per heavy atom. The van der Waals surface area contributed by atoms with E-state index in [1.807, 2.05) is 6.07 Å². The SMILES string of the molecule is COc1cc(Cn2nc(C)c(C)c(C#N)c2=O)c(OC)cc1Br. The second kappa shape index (κ2) is 6.84. The number of ether oxygens (including phenoxy) is 2. The quantitative estimate of drug-likeness (QED) is 0.817. The van der Waals surface area contributed by atoms with E-state index in [-0.39, 0.29) is 12.1 Å². The van der Waals surface area contributed by atoms with Crippen LogP contribution in [0.5, 0.6) is 11.5 Å². The summed E-state index contributed by atoms with van der Waals surface area (Å²) in [7, 11) is 3.11. The fourth-order valence-electron chi connectivity index (χ4n) is 2.22. The van der Waals surface area contributed by atoms with Crippen LogP contribution < -0.4 is 15.0 Å². The van der Waals surface area contributed by atoms with Gasteiger partial charge in [-0.3, -0.25) is 4.79 Å². The third kappa shape index (κ3) is 3.22. The van der Waals surface area contributed by atoms with Crippen LogP contribution in [0, 0.1) is 25.2 Å². The standard InChI is InChI=1S/C16H16BrN3O3/c1-9-10(2)19-20(16(21)12(9)7-18)8-11-5-15(23-4)13(17)6-14(11)22-3/h5-6H,8H2,1-4H3. The fourth-order valence-corrected chi connectivity index (χ4v) is 2.70. The first kappa shape index (κ1) is 17.0. The lowest BCUT2D eigenvalue weighted by Gasteiger charge is -2.14. The number of benzene rings is 1. The van der Waals surface area contributed by atoms with Gasteiger partial charge in [0.05, 0.1) is 30.9 Å². The Balaban J connectivity index is 2.58. The van der Waals surface area contributed by atoms with Gasteiger partial charge in [0.25, 0.3) is 5.56 Å². The maximum Gasteiger partial charge on any atom is 0.285 e. The van der Waals surface area contributed by atoms with Gasteiger partial charge in [0.2, 0.25) is 0 Å². The molecule has 0 saturated heterocycles. The van der Waals surface area contributed by atoms with Gasteiger partial charge in [0, 0.05) is 5.56 Å². The van der Waals surface area contributed by atoms with Crippen molar-refractivity contribution in [1.82, 2.24) is 9.78 Å². The molecule has 6 nitrogen and oxygen atoms in total. The molecule has 23 heavy (non-hydrogen) atoms. The van der Waals surface area contributed by atoms with Crippen LogP contribution in [0.1, 0.15) is 22.4 Å². The van der Waals surface area contributed by atoms with Crippen molar-refractivity contribution in [3.63, 3.8) is 0 Å². The van der Waals surface area contributed by atoms with Gasteiger partial charge < -0.3 is 9.47 Å². The maximum atomic E-state index is 12.4. The smallest absolute Gasteiger partial charge is 0.285 e. The van der Waals surface area contributed by atoms with Crippen molar-refractivity contribution in [1.29, 1.82) is 5.26 Å². The molecule has 2 rings (SSSR count). The molecule has 0 saturated carbocycles. The zero-order valence-corrected chi connectivity index (χ0v) is 14.9. The molecule has 120 valence electrons. The Hall–Kier alpha value is -2.33. The van der Waals surface area contributed by atoms with E-state index < -0.39 is 5.56 Å². The molecule has 0 spiro atoms. The van der Waals surface area contributed by atoms with Gasteiger partial charge in [-0.25, -0.2) is 4.68 Å². The molecule has 0 N–H and O–H groups in total. The first-order chi connectivity index (χ1) is 10.9. The molecule has 7 heteroatoms. The van der Waals surface area contributed by atoms with Crippen LogP contribution in [0.15, 0.2) is 21.4 Å². The highest BCUT2D eigenvalue weighted by Gasteiger charge is 2.15. The normalized spacial score (nSPS) is 10.3. The first-order valence-corrected chi connectivity index (χ1v) is 7.61. The van der Waals surface area contributed by atoms with E-state index in [1.165, 1.54) is 4.68 Å². The molecule has 0 aliphatic heterocycles. The van der Waals surface area contributed by atoms with Crippen molar-refractivity contribution in [3.05, 3.63) is 49.3 Å². The summed E-state index contributed by atoms with van der Waals surface area (Å²) < 4.78 is 12.7. The molecule has 0 bridgehead atoms. The number of hydrogen-bond donors (Lipinski definition) is 0. The van der Waals surface area contributed by atoms with Crippen molar-refractivity contribution in [3.8, 4) is 17.6 Å². The molecular formula is C16H16BrN3O3. The highest BCUT2D eigenvalue weighted by molar-refractivity contribution is 9.10. The summed E-state index contributed by atoms with van der Waals surface area (Å²) in [6.07, 6.45) is 0. The second-order valence-electron chi connectivity index (χ2n) is 4.96. The molecule has 0 fully saturated rings. The van der Waals surface area contributed by atoms with Crippen molar-refractivity contribution in [2.45, 2.75) is 20.4 Å².